The molecule has 0 aromatic rings. The molecule has 1 heterocycles. The van der Waals surface area contributed by atoms with Crippen LogP contribution in [0.1, 0.15) is 40.5 Å². The van der Waals surface area contributed by atoms with E-state index in [0.717, 1.165) is 32.5 Å². The molecule has 5 nitrogen and oxygen atoms in total. The van der Waals surface area contributed by atoms with Crippen LogP contribution in [0.15, 0.2) is 0 Å². The third-order valence-corrected chi connectivity index (χ3v) is 2.88. The monoisotopic (exact) mass is 258 g/mol. The Hall–Kier alpha value is -0.810. The summed E-state index contributed by atoms with van der Waals surface area (Å²) in [5.74, 6) is 0.579. The fraction of sp³-hybridized carbons (Fsp3) is 0.923. The highest BCUT2D eigenvalue weighted by atomic mass is 16.6. The van der Waals surface area contributed by atoms with Crippen LogP contribution in [0.4, 0.5) is 4.79 Å². The normalized spacial score (nSPS) is 17.9. The lowest BCUT2D eigenvalue weighted by molar-refractivity contribution is 0.0113. The average Bonchev–Trinajstić information content (AvgIpc) is 2.28. The van der Waals surface area contributed by atoms with Gasteiger partial charge in [0.1, 0.15) is 5.60 Å². The second kappa shape index (κ2) is 6.95. The molecule has 1 aliphatic heterocycles. The zero-order valence-electron chi connectivity index (χ0n) is 12.0. The van der Waals surface area contributed by atoms with Gasteiger partial charge in [0.25, 0.3) is 0 Å². The van der Waals surface area contributed by atoms with Gasteiger partial charge in [-0.15, -0.1) is 0 Å². The van der Waals surface area contributed by atoms with Gasteiger partial charge in [0.05, 0.1) is 6.61 Å². The number of nitrogens with one attached hydrogen (secondary N) is 1. The van der Waals surface area contributed by atoms with E-state index in [9.17, 15) is 4.79 Å². The van der Waals surface area contributed by atoms with E-state index in [1.165, 1.54) is 0 Å². The predicted molar refractivity (Wildman–Crippen MR) is 70.2 cm³/mol. The number of likely N-dealkylation sites (tertiary alicyclic amines) is 1. The van der Waals surface area contributed by atoms with Crippen LogP contribution in [0.2, 0.25) is 0 Å². The van der Waals surface area contributed by atoms with Gasteiger partial charge in [0.15, 0.2) is 0 Å². The lowest BCUT2D eigenvalue weighted by atomic mass is 9.97. The molecule has 0 saturated carbocycles. The molecule has 5 heteroatoms. The number of carbonyl (C=O) groups is 1. The van der Waals surface area contributed by atoms with Crippen molar-refractivity contribution in [1.29, 1.82) is 0 Å². The van der Waals surface area contributed by atoms with Crippen molar-refractivity contribution < 1.29 is 14.4 Å². The largest absolute Gasteiger partial charge is 0.444 e. The van der Waals surface area contributed by atoms with E-state index in [4.69, 9.17) is 9.57 Å². The van der Waals surface area contributed by atoms with Gasteiger partial charge < -0.3 is 14.5 Å². The molecule has 1 amide bonds. The first-order valence-corrected chi connectivity index (χ1v) is 6.75. The van der Waals surface area contributed by atoms with Crippen molar-refractivity contribution in [3.8, 4) is 0 Å². The average molecular weight is 258 g/mol. The van der Waals surface area contributed by atoms with Gasteiger partial charge in [0, 0.05) is 19.6 Å². The summed E-state index contributed by atoms with van der Waals surface area (Å²) in [6.45, 7) is 10.7. The lowest BCUT2D eigenvalue weighted by Crippen LogP contribution is -2.43. The van der Waals surface area contributed by atoms with Crippen molar-refractivity contribution in [2.75, 3.05) is 26.2 Å². The second-order valence-corrected chi connectivity index (χ2v) is 5.69. The van der Waals surface area contributed by atoms with Crippen LogP contribution in [0.5, 0.6) is 0 Å². The molecule has 0 unspecified atom stereocenters. The fourth-order valence-electron chi connectivity index (χ4n) is 1.92. The molecule has 0 aromatic heterocycles. The van der Waals surface area contributed by atoms with E-state index >= 15 is 0 Å². The minimum absolute atomic E-state index is 0.196. The molecule has 106 valence electrons. The highest BCUT2D eigenvalue weighted by Crippen LogP contribution is 2.19. The molecule has 0 radical (unpaired) electrons. The number of carbonyl (C=O) groups excluding carboxylic acids is 1. The van der Waals surface area contributed by atoms with Gasteiger partial charge in [-0.25, -0.2) is 10.3 Å². The summed E-state index contributed by atoms with van der Waals surface area (Å²) in [6.07, 6.45) is 1.80. The third kappa shape index (κ3) is 5.69. The molecule has 0 aromatic carbocycles. The Balaban J connectivity index is 2.24. The summed E-state index contributed by atoms with van der Waals surface area (Å²) in [5.41, 5.74) is 2.54. The molecule has 18 heavy (non-hydrogen) atoms. The zero-order chi connectivity index (χ0) is 13.6. The number of hydrogen-bond acceptors (Lipinski definition) is 4. The maximum atomic E-state index is 11.8. The van der Waals surface area contributed by atoms with E-state index in [-0.39, 0.29) is 6.09 Å². The Morgan fingerprint density at radius 1 is 1.33 bits per heavy atom. The zero-order valence-corrected chi connectivity index (χ0v) is 12.0. The number of piperidine rings is 1. The van der Waals surface area contributed by atoms with Gasteiger partial charge in [-0.1, -0.05) is 0 Å². The minimum atomic E-state index is -0.412. The molecular weight excluding hydrogens is 232 g/mol. The first kappa shape index (κ1) is 15.2. The van der Waals surface area contributed by atoms with E-state index in [1.54, 1.807) is 4.90 Å². The number of rotatable bonds is 4. The number of amides is 1. The van der Waals surface area contributed by atoms with Crippen LogP contribution in [-0.4, -0.2) is 42.8 Å². The lowest BCUT2D eigenvalue weighted by Gasteiger charge is -2.33. The van der Waals surface area contributed by atoms with Crippen LogP contribution < -0.4 is 5.48 Å². The summed E-state index contributed by atoms with van der Waals surface area (Å²) >= 11 is 0. The van der Waals surface area contributed by atoms with Gasteiger partial charge in [-0.3, -0.25) is 0 Å². The van der Waals surface area contributed by atoms with Crippen molar-refractivity contribution in [2.45, 2.75) is 46.1 Å². The summed E-state index contributed by atoms with van der Waals surface area (Å²) in [6, 6.07) is 0. The Bertz CT molecular complexity index is 255. The number of nitrogens with zero attached hydrogens (tertiary/aromatic N) is 1. The summed E-state index contributed by atoms with van der Waals surface area (Å²) in [5, 5.41) is 0. The Labute approximate surface area is 110 Å². The van der Waals surface area contributed by atoms with E-state index in [2.05, 4.69) is 5.48 Å². The smallest absolute Gasteiger partial charge is 0.410 e. The van der Waals surface area contributed by atoms with Crippen LogP contribution >= 0.6 is 0 Å². The highest BCUT2D eigenvalue weighted by Gasteiger charge is 2.26. The molecule has 1 aliphatic rings. The van der Waals surface area contributed by atoms with E-state index in [1.807, 2.05) is 27.7 Å². The molecule has 1 N–H and O–H groups in total. The SMILES string of the molecule is CCONCC1CCN(C(=O)OC(C)(C)C)CC1. The first-order chi connectivity index (χ1) is 8.42. The Morgan fingerprint density at radius 2 is 1.94 bits per heavy atom. The quantitative estimate of drug-likeness (QED) is 0.620. The molecule has 0 atom stereocenters. The van der Waals surface area contributed by atoms with Crippen LogP contribution in [0, 0.1) is 5.92 Å². The van der Waals surface area contributed by atoms with Crippen molar-refractivity contribution in [3.63, 3.8) is 0 Å². The Morgan fingerprint density at radius 3 is 2.44 bits per heavy atom. The van der Waals surface area contributed by atoms with Crippen LogP contribution in [-0.2, 0) is 9.57 Å². The molecule has 1 fully saturated rings. The number of ether oxygens (including phenoxy) is 1. The van der Waals surface area contributed by atoms with Crippen LogP contribution in [0.3, 0.4) is 0 Å². The van der Waals surface area contributed by atoms with E-state index < -0.39 is 5.60 Å². The maximum Gasteiger partial charge on any atom is 0.410 e. The van der Waals surface area contributed by atoms with Crippen molar-refractivity contribution in [3.05, 3.63) is 0 Å². The van der Waals surface area contributed by atoms with Gasteiger partial charge in [-0.2, -0.15) is 0 Å². The van der Waals surface area contributed by atoms with Gasteiger partial charge in [0.2, 0.25) is 0 Å². The summed E-state index contributed by atoms with van der Waals surface area (Å²) < 4.78 is 5.36. The summed E-state index contributed by atoms with van der Waals surface area (Å²) in [4.78, 5) is 18.8. The maximum absolute atomic E-state index is 11.8. The van der Waals surface area contributed by atoms with Crippen LogP contribution in [0.25, 0.3) is 0 Å². The predicted octanol–water partition coefficient (Wildman–Crippen LogP) is 2.17. The Kier molecular flexibility index (Phi) is 5.88. The standard InChI is InChI=1S/C13H26N2O3/c1-5-17-14-10-11-6-8-15(9-7-11)12(16)18-13(2,3)4/h11,14H,5-10H2,1-4H3. The van der Waals surface area contributed by atoms with Gasteiger partial charge in [-0.05, 0) is 46.5 Å². The number of hydrogen-bond donors (Lipinski definition) is 1. The van der Waals surface area contributed by atoms with Crippen molar-refractivity contribution >= 4 is 6.09 Å². The number of hydroxylamine groups is 1. The third-order valence-electron chi connectivity index (χ3n) is 2.88. The first-order valence-electron chi connectivity index (χ1n) is 6.75. The molecule has 1 rings (SSSR count). The van der Waals surface area contributed by atoms with E-state index in [0.29, 0.717) is 12.5 Å². The molecule has 0 spiro atoms. The molecule has 0 aliphatic carbocycles. The van der Waals surface area contributed by atoms with Gasteiger partial charge >= 0.3 is 6.09 Å². The fourth-order valence-corrected chi connectivity index (χ4v) is 1.92. The highest BCUT2D eigenvalue weighted by molar-refractivity contribution is 5.68. The topological polar surface area (TPSA) is 50.8 Å². The van der Waals surface area contributed by atoms with Crippen molar-refractivity contribution in [1.82, 2.24) is 10.4 Å². The minimum Gasteiger partial charge on any atom is -0.444 e. The summed E-state index contributed by atoms with van der Waals surface area (Å²) in [7, 11) is 0. The van der Waals surface area contributed by atoms with Crippen molar-refractivity contribution in [2.24, 2.45) is 5.92 Å². The molecular formula is C13H26N2O3. The second-order valence-electron chi connectivity index (χ2n) is 5.69. The molecule has 1 saturated heterocycles. The molecule has 0 bridgehead atoms.